The third-order valence-corrected chi connectivity index (χ3v) is 7.39. The van der Waals surface area contributed by atoms with Crippen molar-refractivity contribution in [1.82, 2.24) is 20.2 Å². The summed E-state index contributed by atoms with van der Waals surface area (Å²) in [5.74, 6) is 0. The van der Waals surface area contributed by atoms with Crippen LogP contribution >= 0.6 is 23.7 Å². The molecule has 1 aliphatic heterocycles. The minimum Gasteiger partial charge on any atom is -0.372 e. The Morgan fingerprint density at radius 1 is 1.03 bits per heavy atom. The molecule has 0 amide bonds. The van der Waals surface area contributed by atoms with Crippen molar-refractivity contribution in [3.63, 3.8) is 0 Å². The van der Waals surface area contributed by atoms with E-state index in [1.54, 1.807) is 23.6 Å². The Morgan fingerprint density at radius 2 is 1.83 bits per heavy atom. The van der Waals surface area contributed by atoms with E-state index in [9.17, 15) is 10.1 Å². The summed E-state index contributed by atoms with van der Waals surface area (Å²) < 4.78 is 0. The molecule has 1 saturated heterocycles. The van der Waals surface area contributed by atoms with Gasteiger partial charge in [0.1, 0.15) is 6.07 Å². The number of thiophene rings is 1. The smallest absolute Gasteiger partial charge is 0.248 e. The average Bonchev–Trinajstić information content (AvgIpc) is 3.58. The number of hydrogen-bond donors (Lipinski definition) is 2. The molecular formula is C27H23ClN6OS. The first kappa shape index (κ1) is 23.8. The third-order valence-electron chi connectivity index (χ3n) is 6.51. The molecule has 0 saturated carbocycles. The van der Waals surface area contributed by atoms with Crippen molar-refractivity contribution in [2.75, 3.05) is 18.0 Å². The highest BCUT2D eigenvalue weighted by molar-refractivity contribution is 7.13. The number of fused-ring (bicyclic) bond motifs is 1. The Labute approximate surface area is 217 Å². The Hall–Kier alpha value is -3.93. The largest absolute Gasteiger partial charge is 0.372 e. The van der Waals surface area contributed by atoms with Crippen LogP contribution in [0.15, 0.2) is 64.9 Å². The summed E-state index contributed by atoms with van der Waals surface area (Å²) in [4.78, 5) is 22.8. The highest BCUT2D eigenvalue weighted by Crippen LogP contribution is 2.41. The highest BCUT2D eigenvalue weighted by Gasteiger charge is 2.23. The minimum absolute atomic E-state index is 0. The van der Waals surface area contributed by atoms with Gasteiger partial charge in [0.2, 0.25) is 5.56 Å². The normalized spacial score (nSPS) is 13.4. The van der Waals surface area contributed by atoms with E-state index in [1.807, 2.05) is 17.5 Å². The number of pyridine rings is 2. The molecule has 1 aliphatic rings. The first-order valence-electron chi connectivity index (χ1n) is 11.6. The highest BCUT2D eigenvalue weighted by atomic mass is 35.5. The Bertz CT molecular complexity index is 1610. The predicted molar refractivity (Wildman–Crippen MR) is 147 cm³/mol. The SMILES string of the molecule is Cl.N#Cc1c(-c2cc[nH]c(=O)c2)nc2n[nH]c(-c3cccs3)c2c1-c1ccc(N2CCCCC2)cc1. The van der Waals surface area contributed by atoms with Crippen LogP contribution in [0, 0.1) is 11.3 Å². The molecule has 0 radical (unpaired) electrons. The summed E-state index contributed by atoms with van der Waals surface area (Å²) in [6.07, 6.45) is 5.28. The fourth-order valence-electron chi connectivity index (χ4n) is 4.84. The van der Waals surface area contributed by atoms with E-state index in [0.717, 1.165) is 40.2 Å². The van der Waals surface area contributed by atoms with Crippen LogP contribution in [-0.4, -0.2) is 33.3 Å². The molecule has 0 spiro atoms. The van der Waals surface area contributed by atoms with Gasteiger partial charge < -0.3 is 9.88 Å². The van der Waals surface area contributed by atoms with Gasteiger partial charge in [-0.05, 0) is 54.5 Å². The molecule has 0 atom stereocenters. The van der Waals surface area contributed by atoms with E-state index in [2.05, 4.69) is 50.4 Å². The van der Waals surface area contributed by atoms with Crippen LogP contribution in [0.1, 0.15) is 24.8 Å². The number of aromatic nitrogens is 4. The monoisotopic (exact) mass is 514 g/mol. The van der Waals surface area contributed by atoms with Crippen LogP contribution in [0.25, 0.3) is 44.0 Å². The van der Waals surface area contributed by atoms with Crippen molar-refractivity contribution in [2.45, 2.75) is 19.3 Å². The van der Waals surface area contributed by atoms with E-state index in [-0.39, 0.29) is 18.0 Å². The van der Waals surface area contributed by atoms with Gasteiger partial charge in [0.05, 0.1) is 27.2 Å². The van der Waals surface area contributed by atoms with Gasteiger partial charge >= 0.3 is 0 Å². The van der Waals surface area contributed by atoms with Crippen LogP contribution in [-0.2, 0) is 0 Å². The summed E-state index contributed by atoms with van der Waals surface area (Å²) in [5.41, 5.74) is 5.44. The summed E-state index contributed by atoms with van der Waals surface area (Å²) >= 11 is 1.60. The number of nitrogens with one attached hydrogen (secondary N) is 2. The van der Waals surface area contributed by atoms with Crippen LogP contribution < -0.4 is 10.5 Å². The molecule has 0 bridgehead atoms. The van der Waals surface area contributed by atoms with Gasteiger partial charge in [-0.1, -0.05) is 18.2 Å². The lowest BCUT2D eigenvalue weighted by molar-refractivity contribution is 0.578. The number of H-pyrrole nitrogens is 2. The molecule has 0 unspecified atom stereocenters. The van der Waals surface area contributed by atoms with Crippen molar-refractivity contribution in [2.24, 2.45) is 0 Å². The Balaban J connectivity index is 0.00000267. The summed E-state index contributed by atoms with van der Waals surface area (Å²) in [5, 5.41) is 20.8. The number of nitrogens with zero attached hydrogens (tertiary/aromatic N) is 4. The second-order valence-electron chi connectivity index (χ2n) is 8.63. The van der Waals surface area contributed by atoms with Crippen LogP contribution in [0.4, 0.5) is 5.69 Å². The van der Waals surface area contributed by atoms with Crippen molar-refractivity contribution in [3.8, 4) is 39.0 Å². The standard InChI is InChI=1S/C27H22N6OS.ClH/c28-16-20-23(17-6-8-19(9-7-17)33-12-2-1-3-13-33)24-26(21-5-4-14-35-21)31-32-27(24)30-25(20)18-10-11-29-22(34)15-18;/h4-11,14-15H,1-3,12-13H2,(H,29,34)(H,30,31,32);1H. The van der Waals surface area contributed by atoms with Crippen molar-refractivity contribution >= 4 is 40.5 Å². The van der Waals surface area contributed by atoms with Crippen LogP contribution in [0.5, 0.6) is 0 Å². The van der Waals surface area contributed by atoms with Crippen molar-refractivity contribution in [1.29, 1.82) is 5.26 Å². The van der Waals surface area contributed by atoms with Crippen molar-refractivity contribution in [3.05, 3.63) is 76.0 Å². The van der Waals surface area contributed by atoms with Gasteiger partial charge in [-0.3, -0.25) is 9.89 Å². The topological polar surface area (TPSA) is 101 Å². The van der Waals surface area contributed by atoms with Crippen molar-refractivity contribution < 1.29 is 0 Å². The van der Waals surface area contributed by atoms with Gasteiger partial charge in [-0.15, -0.1) is 23.7 Å². The van der Waals surface area contributed by atoms with Crippen LogP contribution in [0.3, 0.4) is 0 Å². The fraction of sp³-hybridized carbons (Fsp3) is 0.185. The third kappa shape index (κ3) is 4.17. The lowest BCUT2D eigenvalue weighted by atomic mass is 9.93. The predicted octanol–water partition coefficient (Wildman–Crippen LogP) is 5.99. The summed E-state index contributed by atoms with van der Waals surface area (Å²) in [6.45, 7) is 2.14. The summed E-state index contributed by atoms with van der Waals surface area (Å²) in [6, 6.07) is 18.0. The number of rotatable bonds is 4. The molecule has 1 fully saturated rings. The minimum atomic E-state index is -0.248. The number of halogens is 1. The Morgan fingerprint density at radius 3 is 2.53 bits per heavy atom. The molecule has 2 N–H and O–H groups in total. The zero-order valence-corrected chi connectivity index (χ0v) is 21.0. The van der Waals surface area contributed by atoms with E-state index in [0.29, 0.717) is 22.5 Å². The molecule has 4 aromatic heterocycles. The summed E-state index contributed by atoms with van der Waals surface area (Å²) in [7, 11) is 0. The van der Waals surface area contributed by atoms with E-state index >= 15 is 0 Å². The molecule has 7 nitrogen and oxygen atoms in total. The molecule has 180 valence electrons. The fourth-order valence-corrected chi connectivity index (χ4v) is 5.57. The van der Waals surface area contributed by atoms with Gasteiger partial charge in [0.25, 0.3) is 0 Å². The quantitative estimate of drug-likeness (QED) is 0.306. The van der Waals surface area contributed by atoms with Gasteiger partial charge in [-0.25, -0.2) is 4.98 Å². The second-order valence-corrected chi connectivity index (χ2v) is 9.58. The van der Waals surface area contributed by atoms with E-state index in [4.69, 9.17) is 4.98 Å². The maximum Gasteiger partial charge on any atom is 0.248 e. The molecule has 6 rings (SSSR count). The number of aromatic amines is 2. The number of nitriles is 1. The molecular weight excluding hydrogens is 492 g/mol. The van der Waals surface area contributed by atoms with E-state index < -0.39 is 0 Å². The first-order valence-corrected chi connectivity index (χ1v) is 12.5. The molecule has 36 heavy (non-hydrogen) atoms. The number of piperidine rings is 1. The maximum atomic E-state index is 12.0. The lowest BCUT2D eigenvalue weighted by Crippen LogP contribution is -2.29. The molecule has 5 heterocycles. The molecule has 9 heteroatoms. The molecule has 5 aromatic rings. The zero-order valence-electron chi connectivity index (χ0n) is 19.3. The number of hydrogen-bond acceptors (Lipinski definition) is 6. The van der Waals surface area contributed by atoms with Gasteiger partial charge in [0.15, 0.2) is 5.65 Å². The first-order chi connectivity index (χ1) is 17.2. The van der Waals surface area contributed by atoms with Gasteiger partial charge in [-0.2, -0.15) is 10.4 Å². The maximum absolute atomic E-state index is 12.0. The Kier molecular flexibility index (Phi) is 6.59. The average molecular weight is 515 g/mol. The number of anilines is 1. The molecule has 0 aliphatic carbocycles. The number of benzene rings is 1. The molecule has 1 aromatic carbocycles. The zero-order chi connectivity index (χ0) is 23.8. The van der Waals surface area contributed by atoms with Crippen LogP contribution in [0.2, 0.25) is 0 Å². The van der Waals surface area contributed by atoms with Gasteiger partial charge in [0, 0.05) is 42.2 Å². The second kappa shape index (κ2) is 9.97. The lowest BCUT2D eigenvalue weighted by Gasteiger charge is -2.29. The van der Waals surface area contributed by atoms with E-state index in [1.165, 1.54) is 31.0 Å².